The molecule has 94 valence electrons. The Morgan fingerprint density at radius 2 is 2.35 bits per heavy atom. The first-order valence-corrected chi connectivity index (χ1v) is 6.33. The number of nitrogens with zero attached hydrogens (tertiary/aromatic N) is 3. The molecule has 1 unspecified atom stereocenters. The van der Waals surface area contributed by atoms with E-state index in [1.807, 2.05) is 38.2 Å². The largest absolute Gasteiger partial charge is 0.342 e. The van der Waals surface area contributed by atoms with E-state index >= 15 is 0 Å². The second-order valence-corrected chi connectivity index (χ2v) is 5.25. The van der Waals surface area contributed by atoms with Gasteiger partial charge in [-0.25, -0.2) is 4.98 Å². The van der Waals surface area contributed by atoms with Crippen LogP contribution in [-0.2, 0) is 18.3 Å². The predicted octanol–water partition coefficient (Wildman–Crippen LogP) is 1.47. The van der Waals surface area contributed by atoms with Crippen molar-refractivity contribution in [2.75, 3.05) is 13.1 Å². The third-order valence-corrected chi connectivity index (χ3v) is 3.48. The van der Waals surface area contributed by atoms with Gasteiger partial charge in [0.2, 0.25) is 5.91 Å². The van der Waals surface area contributed by atoms with E-state index < -0.39 is 0 Å². The molecule has 0 bridgehead atoms. The van der Waals surface area contributed by atoms with E-state index in [0.29, 0.717) is 5.92 Å². The van der Waals surface area contributed by atoms with Gasteiger partial charge < -0.3 is 9.47 Å². The van der Waals surface area contributed by atoms with Gasteiger partial charge in [0.1, 0.15) is 5.82 Å². The lowest BCUT2D eigenvalue weighted by atomic mass is 10.0. The molecule has 0 N–H and O–H groups in total. The molecule has 1 aromatic rings. The fraction of sp³-hybridized carbons (Fsp3) is 0.692. The average Bonchev–Trinajstić information content (AvgIpc) is 2.88. The van der Waals surface area contributed by atoms with Crippen LogP contribution < -0.4 is 0 Å². The summed E-state index contributed by atoms with van der Waals surface area (Å²) < 4.78 is 2.06. The molecule has 1 aliphatic heterocycles. The number of hydrogen-bond donors (Lipinski definition) is 0. The van der Waals surface area contributed by atoms with Crippen molar-refractivity contribution in [3.05, 3.63) is 18.2 Å². The highest BCUT2D eigenvalue weighted by molar-refractivity contribution is 5.78. The number of amides is 1. The van der Waals surface area contributed by atoms with Gasteiger partial charge in [0, 0.05) is 44.9 Å². The predicted molar refractivity (Wildman–Crippen MR) is 66.4 cm³/mol. The zero-order valence-electron chi connectivity index (χ0n) is 10.9. The Kier molecular flexibility index (Phi) is 3.50. The molecule has 1 aliphatic rings. The van der Waals surface area contributed by atoms with E-state index in [1.54, 1.807) is 0 Å². The first-order valence-electron chi connectivity index (χ1n) is 6.33. The minimum atomic E-state index is 0.113. The summed E-state index contributed by atoms with van der Waals surface area (Å²) in [5.41, 5.74) is 0. The summed E-state index contributed by atoms with van der Waals surface area (Å²) in [5, 5.41) is 0. The van der Waals surface area contributed by atoms with Gasteiger partial charge in [-0.15, -0.1) is 0 Å². The Morgan fingerprint density at radius 3 is 2.94 bits per heavy atom. The Morgan fingerprint density at radius 1 is 1.59 bits per heavy atom. The maximum atomic E-state index is 11.9. The monoisotopic (exact) mass is 235 g/mol. The molecule has 2 rings (SSSR count). The fourth-order valence-electron chi connectivity index (χ4n) is 2.42. The van der Waals surface area contributed by atoms with E-state index in [2.05, 4.69) is 9.55 Å². The van der Waals surface area contributed by atoms with E-state index in [0.717, 1.165) is 31.8 Å². The molecule has 1 amide bonds. The van der Waals surface area contributed by atoms with Crippen molar-refractivity contribution in [2.45, 2.75) is 26.7 Å². The van der Waals surface area contributed by atoms with Crippen molar-refractivity contribution in [2.24, 2.45) is 18.9 Å². The molecule has 4 nitrogen and oxygen atoms in total. The van der Waals surface area contributed by atoms with Crippen LogP contribution >= 0.6 is 0 Å². The Balaban J connectivity index is 1.90. The number of carbonyl (C=O) groups excluding carboxylic acids is 1. The topological polar surface area (TPSA) is 38.1 Å². The van der Waals surface area contributed by atoms with Gasteiger partial charge in [0.05, 0.1) is 0 Å². The quantitative estimate of drug-likeness (QED) is 0.795. The second-order valence-electron chi connectivity index (χ2n) is 5.25. The number of imidazole rings is 1. The highest BCUT2D eigenvalue weighted by Gasteiger charge is 2.28. The van der Waals surface area contributed by atoms with Gasteiger partial charge >= 0.3 is 0 Å². The number of aromatic nitrogens is 2. The number of aryl methyl sites for hydroxylation is 1. The number of rotatable bonds is 3. The molecular formula is C13H21N3O. The second kappa shape index (κ2) is 4.90. The maximum absolute atomic E-state index is 11.9. The number of likely N-dealkylation sites (tertiary alicyclic amines) is 1. The molecule has 0 saturated carbocycles. The van der Waals surface area contributed by atoms with Crippen LogP contribution in [0.25, 0.3) is 0 Å². The number of carbonyl (C=O) groups is 1. The standard InChI is InChI=1S/C13H21N3O/c1-10(2)13(17)16-6-4-11(9-16)8-12-14-5-7-15(12)3/h5,7,10-11H,4,6,8-9H2,1-3H3. The summed E-state index contributed by atoms with van der Waals surface area (Å²) in [6.45, 7) is 5.73. The molecule has 17 heavy (non-hydrogen) atoms. The average molecular weight is 235 g/mol. The van der Waals surface area contributed by atoms with Gasteiger partial charge in [-0.2, -0.15) is 0 Å². The van der Waals surface area contributed by atoms with E-state index in [1.165, 1.54) is 0 Å². The van der Waals surface area contributed by atoms with E-state index in [4.69, 9.17) is 0 Å². The Hall–Kier alpha value is -1.32. The Labute approximate surface area is 103 Å². The van der Waals surface area contributed by atoms with Crippen LogP contribution in [0, 0.1) is 11.8 Å². The third kappa shape index (κ3) is 2.68. The third-order valence-electron chi connectivity index (χ3n) is 3.48. The van der Waals surface area contributed by atoms with Crippen molar-refractivity contribution >= 4 is 5.91 Å². The zero-order valence-corrected chi connectivity index (χ0v) is 10.9. The summed E-state index contributed by atoms with van der Waals surface area (Å²) in [4.78, 5) is 18.2. The molecule has 2 heterocycles. The van der Waals surface area contributed by atoms with Crippen molar-refractivity contribution in [1.82, 2.24) is 14.5 Å². The van der Waals surface area contributed by atoms with Crippen LogP contribution in [0.15, 0.2) is 12.4 Å². The molecule has 1 fully saturated rings. The van der Waals surface area contributed by atoms with Crippen LogP contribution in [-0.4, -0.2) is 33.4 Å². The zero-order chi connectivity index (χ0) is 12.4. The van der Waals surface area contributed by atoms with Crippen LogP contribution in [0.3, 0.4) is 0 Å². The molecule has 1 atom stereocenters. The molecule has 0 aliphatic carbocycles. The molecule has 0 spiro atoms. The van der Waals surface area contributed by atoms with Crippen molar-refractivity contribution in [3.63, 3.8) is 0 Å². The summed E-state index contributed by atoms with van der Waals surface area (Å²) in [6.07, 6.45) is 5.89. The summed E-state index contributed by atoms with van der Waals surface area (Å²) in [5.74, 6) is 2.09. The van der Waals surface area contributed by atoms with Crippen LogP contribution in [0.5, 0.6) is 0 Å². The van der Waals surface area contributed by atoms with Crippen molar-refractivity contribution < 1.29 is 4.79 Å². The Bertz CT molecular complexity index is 397. The number of hydrogen-bond acceptors (Lipinski definition) is 2. The van der Waals surface area contributed by atoms with Crippen LogP contribution in [0.4, 0.5) is 0 Å². The molecule has 1 saturated heterocycles. The first kappa shape index (κ1) is 12.1. The van der Waals surface area contributed by atoms with Gasteiger partial charge in [-0.1, -0.05) is 13.8 Å². The molecule has 1 aromatic heterocycles. The smallest absolute Gasteiger partial charge is 0.225 e. The van der Waals surface area contributed by atoms with Gasteiger partial charge in [-0.3, -0.25) is 4.79 Å². The molecular weight excluding hydrogens is 214 g/mol. The lowest BCUT2D eigenvalue weighted by Gasteiger charge is -2.18. The summed E-state index contributed by atoms with van der Waals surface area (Å²) >= 11 is 0. The molecule has 0 radical (unpaired) electrons. The minimum Gasteiger partial charge on any atom is -0.342 e. The van der Waals surface area contributed by atoms with Gasteiger partial charge in [0.15, 0.2) is 0 Å². The van der Waals surface area contributed by atoms with E-state index in [9.17, 15) is 4.79 Å². The minimum absolute atomic E-state index is 0.113. The van der Waals surface area contributed by atoms with E-state index in [-0.39, 0.29) is 11.8 Å². The highest BCUT2D eigenvalue weighted by Crippen LogP contribution is 2.21. The van der Waals surface area contributed by atoms with Gasteiger partial charge in [0.25, 0.3) is 0 Å². The van der Waals surface area contributed by atoms with Crippen molar-refractivity contribution in [3.8, 4) is 0 Å². The fourth-order valence-corrected chi connectivity index (χ4v) is 2.42. The summed E-state index contributed by atoms with van der Waals surface area (Å²) in [6, 6.07) is 0. The van der Waals surface area contributed by atoms with Gasteiger partial charge in [-0.05, 0) is 12.3 Å². The van der Waals surface area contributed by atoms with Crippen LogP contribution in [0.1, 0.15) is 26.1 Å². The maximum Gasteiger partial charge on any atom is 0.225 e. The lowest BCUT2D eigenvalue weighted by molar-refractivity contribution is -0.133. The first-order chi connectivity index (χ1) is 8.08. The highest BCUT2D eigenvalue weighted by atomic mass is 16.2. The van der Waals surface area contributed by atoms with Crippen LogP contribution in [0.2, 0.25) is 0 Å². The summed E-state index contributed by atoms with van der Waals surface area (Å²) in [7, 11) is 2.02. The molecule has 4 heteroatoms. The van der Waals surface area contributed by atoms with Crippen molar-refractivity contribution in [1.29, 1.82) is 0 Å². The molecule has 0 aromatic carbocycles. The SMILES string of the molecule is CC(C)C(=O)N1CCC(Cc2nccn2C)C1. The lowest BCUT2D eigenvalue weighted by Crippen LogP contribution is -2.32. The normalized spacial score (nSPS) is 20.2.